The van der Waals surface area contributed by atoms with Gasteiger partial charge in [0.15, 0.2) is 0 Å². The van der Waals surface area contributed by atoms with Gasteiger partial charge in [-0.25, -0.2) is 9.18 Å². The Balaban J connectivity index is 2.21. The van der Waals surface area contributed by atoms with Gasteiger partial charge in [0.05, 0.1) is 18.3 Å². The number of hydrogen-bond donors (Lipinski definition) is 1. The van der Waals surface area contributed by atoms with Gasteiger partial charge >= 0.3 is 5.97 Å². The molecule has 1 aliphatic heterocycles. The minimum Gasteiger partial charge on any atom is -0.465 e. The van der Waals surface area contributed by atoms with Crippen molar-refractivity contribution >= 4 is 5.97 Å². The summed E-state index contributed by atoms with van der Waals surface area (Å²) in [5, 5.41) is 10.2. The van der Waals surface area contributed by atoms with E-state index in [9.17, 15) is 14.3 Å². The van der Waals surface area contributed by atoms with Gasteiger partial charge in [-0.05, 0) is 51.4 Å². The average Bonchev–Trinajstić information content (AvgIpc) is 2.88. The fourth-order valence-corrected chi connectivity index (χ4v) is 2.97. The predicted octanol–water partition coefficient (Wildman–Crippen LogP) is 2.35. The highest BCUT2D eigenvalue weighted by Gasteiger charge is 2.36. The van der Waals surface area contributed by atoms with Crippen LogP contribution in [0.1, 0.15) is 42.6 Å². The molecule has 0 spiro atoms. The minimum atomic E-state index is -0.826. The molecule has 1 aromatic rings. The van der Waals surface area contributed by atoms with Crippen LogP contribution < -0.4 is 0 Å². The van der Waals surface area contributed by atoms with Gasteiger partial charge in [-0.3, -0.25) is 4.90 Å². The molecule has 116 valence electrons. The van der Waals surface area contributed by atoms with Crippen LogP contribution in [0, 0.1) is 5.82 Å². The lowest BCUT2D eigenvalue weighted by atomic mass is 9.96. The molecular weight excluding hydrogens is 273 g/mol. The molecule has 4 nitrogen and oxygen atoms in total. The maximum atomic E-state index is 14.0. The largest absolute Gasteiger partial charge is 0.465 e. The number of rotatable bonds is 4. The lowest BCUT2D eigenvalue weighted by Crippen LogP contribution is -2.45. The monoisotopic (exact) mass is 295 g/mol. The second-order valence-electron chi connectivity index (χ2n) is 6.08. The molecule has 1 atom stereocenters. The first kappa shape index (κ1) is 15.9. The van der Waals surface area contributed by atoms with Gasteiger partial charge in [-0.2, -0.15) is 0 Å². The third-order valence-corrected chi connectivity index (χ3v) is 4.02. The summed E-state index contributed by atoms with van der Waals surface area (Å²) < 4.78 is 18.6. The summed E-state index contributed by atoms with van der Waals surface area (Å²) in [5.74, 6) is -0.819. The summed E-state index contributed by atoms with van der Waals surface area (Å²) in [7, 11) is 1.30. The Kier molecular flexibility index (Phi) is 4.64. The Morgan fingerprint density at radius 1 is 1.52 bits per heavy atom. The molecule has 1 unspecified atom stereocenters. The van der Waals surface area contributed by atoms with E-state index in [0.29, 0.717) is 17.7 Å². The number of aliphatic hydroxyl groups is 1. The van der Waals surface area contributed by atoms with Crippen LogP contribution in [0.3, 0.4) is 0 Å². The molecule has 0 radical (unpaired) electrons. The first-order valence-electron chi connectivity index (χ1n) is 7.16. The molecule has 0 saturated carbocycles. The molecule has 1 aromatic carbocycles. The van der Waals surface area contributed by atoms with Crippen molar-refractivity contribution in [2.45, 2.75) is 44.9 Å². The van der Waals surface area contributed by atoms with Crippen LogP contribution in [0.5, 0.6) is 0 Å². The van der Waals surface area contributed by atoms with E-state index in [1.807, 2.05) is 0 Å². The molecule has 0 aliphatic carbocycles. The summed E-state index contributed by atoms with van der Waals surface area (Å²) in [6, 6.07) is 4.23. The van der Waals surface area contributed by atoms with E-state index in [1.165, 1.54) is 25.3 Å². The predicted molar refractivity (Wildman–Crippen MR) is 77.5 cm³/mol. The topological polar surface area (TPSA) is 49.8 Å². The van der Waals surface area contributed by atoms with Crippen molar-refractivity contribution in [3.63, 3.8) is 0 Å². The fraction of sp³-hybridized carbons (Fsp3) is 0.562. The molecule has 2 rings (SSSR count). The molecule has 0 aromatic heterocycles. The maximum absolute atomic E-state index is 14.0. The zero-order valence-corrected chi connectivity index (χ0v) is 12.7. The van der Waals surface area contributed by atoms with Crippen molar-refractivity contribution in [3.8, 4) is 0 Å². The number of benzene rings is 1. The van der Waals surface area contributed by atoms with Crippen molar-refractivity contribution < 1.29 is 19.0 Å². The number of carbonyl (C=O) groups excluding carboxylic acids is 1. The highest BCUT2D eigenvalue weighted by Crippen LogP contribution is 2.28. The van der Waals surface area contributed by atoms with Crippen LogP contribution in [0.15, 0.2) is 18.2 Å². The quantitative estimate of drug-likeness (QED) is 0.866. The Hall–Kier alpha value is -1.46. The molecule has 1 saturated heterocycles. The third kappa shape index (κ3) is 3.60. The summed E-state index contributed by atoms with van der Waals surface area (Å²) in [6.45, 7) is 4.75. The van der Waals surface area contributed by atoms with Crippen molar-refractivity contribution in [1.29, 1.82) is 0 Å². The van der Waals surface area contributed by atoms with Gasteiger partial charge in [0, 0.05) is 18.2 Å². The van der Waals surface area contributed by atoms with Crippen molar-refractivity contribution in [1.82, 2.24) is 4.90 Å². The number of ether oxygens (including phenoxy) is 1. The number of esters is 1. The Bertz CT molecular complexity index is 525. The summed E-state index contributed by atoms with van der Waals surface area (Å²) >= 11 is 0. The first-order chi connectivity index (χ1) is 9.82. The van der Waals surface area contributed by atoms with Crippen molar-refractivity contribution in [3.05, 3.63) is 35.1 Å². The van der Waals surface area contributed by atoms with Crippen LogP contribution in [-0.4, -0.2) is 41.3 Å². The first-order valence-corrected chi connectivity index (χ1v) is 7.16. The zero-order chi connectivity index (χ0) is 15.6. The number of hydrogen-bond acceptors (Lipinski definition) is 4. The molecule has 1 heterocycles. The Morgan fingerprint density at radius 2 is 2.24 bits per heavy atom. The molecule has 0 amide bonds. The van der Waals surface area contributed by atoms with E-state index >= 15 is 0 Å². The van der Waals surface area contributed by atoms with E-state index in [4.69, 9.17) is 0 Å². The minimum absolute atomic E-state index is 0.00122. The normalized spacial score (nSPS) is 19.8. The zero-order valence-electron chi connectivity index (χ0n) is 12.7. The van der Waals surface area contributed by atoms with Crippen molar-refractivity contribution in [2.75, 3.05) is 13.7 Å². The number of carbonyl (C=O) groups is 1. The average molecular weight is 295 g/mol. The molecule has 5 heteroatoms. The van der Waals surface area contributed by atoms with Crippen LogP contribution in [0.4, 0.5) is 4.39 Å². The molecule has 1 N–H and O–H groups in total. The van der Waals surface area contributed by atoms with E-state index in [1.54, 1.807) is 13.8 Å². The van der Waals surface area contributed by atoms with Crippen molar-refractivity contribution in [2.24, 2.45) is 0 Å². The smallest absolute Gasteiger partial charge is 0.337 e. The van der Waals surface area contributed by atoms with Gasteiger partial charge in [0.1, 0.15) is 5.82 Å². The van der Waals surface area contributed by atoms with E-state index in [0.717, 1.165) is 19.4 Å². The van der Waals surface area contributed by atoms with E-state index in [2.05, 4.69) is 9.64 Å². The van der Waals surface area contributed by atoms with Crippen LogP contribution in [0.2, 0.25) is 0 Å². The van der Waals surface area contributed by atoms with Crippen LogP contribution >= 0.6 is 0 Å². The number of likely N-dealkylation sites (tertiary alicyclic amines) is 1. The highest BCUT2D eigenvalue weighted by atomic mass is 19.1. The SMILES string of the molecule is COC(=O)c1ccc(F)c(CN2CCCC2C(C)(C)O)c1. The van der Waals surface area contributed by atoms with Gasteiger partial charge in [-0.15, -0.1) is 0 Å². The Labute approximate surface area is 124 Å². The van der Waals surface area contributed by atoms with E-state index < -0.39 is 11.6 Å². The maximum Gasteiger partial charge on any atom is 0.337 e. The second-order valence-corrected chi connectivity index (χ2v) is 6.08. The number of methoxy groups -OCH3 is 1. The van der Waals surface area contributed by atoms with E-state index in [-0.39, 0.29) is 11.9 Å². The lowest BCUT2D eigenvalue weighted by molar-refractivity contribution is -0.00534. The molecule has 1 aliphatic rings. The molecule has 21 heavy (non-hydrogen) atoms. The standard InChI is InChI=1S/C16H22FNO3/c1-16(2,20)14-5-4-8-18(14)10-12-9-11(15(19)21-3)6-7-13(12)17/h6-7,9,14,20H,4-5,8,10H2,1-3H3. The number of nitrogens with zero attached hydrogens (tertiary/aromatic N) is 1. The third-order valence-electron chi connectivity index (χ3n) is 4.02. The van der Waals surface area contributed by atoms with Crippen LogP contribution in [0.25, 0.3) is 0 Å². The molecule has 0 bridgehead atoms. The second kappa shape index (κ2) is 6.12. The van der Waals surface area contributed by atoms with Gasteiger partial charge < -0.3 is 9.84 Å². The van der Waals surface area contributed by atoms with Gasteiger partial charge in [0.2, 0.25) is 0 Å². The Morgan fingerprint density at radius 3 is 2.86 bits per heavy atom. The van der Waals surface area contributed by atoms with Gasteiger partial charge in [-0.1, -0.05) is 0 Å². The fourth-order valence-electron chi connectivity index (χ4n) is 2.97. The summed E-state index contributed by atoms with van der Waals surface area (Å²) in [5.41, 5.74) is -0.0330. The molecule has 1 fully saturated rings. The molecular formula is C16H22FNO3. The van der Waals surface area contributed by atoms with Gasteiger partial charge in [0.25, 0.3) is 0 Å². The summed E-state index contributed by atoms with van der Waals surface area (Å²) in [4.78, 5) is 13.6. The summed E-state index contributed by atoms with van der Waals surface area (Å²) in [6.07, 6.45) is 1.87. The lowest BCUT2D eigenvalue weighted by Gasteiger charge is -2.34. The highest BCUT2D eigenvalue weighted by molar-refractivity contribution is 5.89. The van der Waals surface area contributed by atoms with Crippen LogP contribution in [-0.2, 0) is 11.3 Å². The number of halogens is 1.